The number of nitrogens with zero attached hydrogens (tertiary/aromatic N) is 4. The summed E-state index contributed by atoms with van der Waals surface area (Å²) in [7, 11) is 8.15. The van der Waals surface area contributed by atoms with Crippen molar-refractivity contribution in [1.29, 1.82) is 0 Å². The van der Waals surface area contributed by atoms with Crippen LogP contribution in [0.25, 0.3) is 0 Å². The Morgan fingerprint density at radius 2 is 0.962 bits per heavy atom. The molecular weight excluding hydrogens is 413 g/mol. The van der Waals surface area contributed by atoms with E-state index in [9.17, 15) is 19.2 Å². The molecule has 9 heteroatoms. The van der Waals surface area contributed by atoms with Gasteiger partial charge in [0.1, 0.15) is 12.1 Å². The number of carbonyl (C=O) groups excluding carboxylic acids is 4. The molecule has 26 heavy (non-hydrogen) atoms. The van der Waals surface area contributed by atoms with Crippen LogP contribution in [-0.4, -0.2) is 103 Å². The van der Waals surface area contributed by atoms with Crippen LogP contribution in [0.5, 0.6) is 0 Å². The van der Waals surface area contributed by atoms with Gasteiger partial charge in [0, 0.05) is 53.9 Å². The van der Waals surface area contributed by atoms with E-state index in [2.05, 4.69) is 0 Å². The van der Waals surface area contributed by atoms with Crippen molar-refractivity contribution in [3.63, 3.8) is 0 Å². The first kappa shape index (κ1) is 27.4. The number of hydrogen-bond acceptors (Lipinski definition) is 5. The van der Waals surface area contributed by atoms with E-state index in [-0.39, 0.29) is 56.5 Å². The van der Waals surface area contributed by atoms with Crippen LogP contribution in [-0.2, 0) is 51.9 Å². The van der Waals surface area contributed by atoms with Crippen LogP contribution < -0.4 is 0 Å². The van der Waals surface area contributed by atoms with Gasteiger partial charge >= 0.3 is 0 Å². The number of rotatable bonds is 8. The van der Waals surface area contributed by atoms with Crippen LogP contribution in [0.1, 0.15) is 27.7 Å². The SMILES string of the molecule is CC(C(=O)N(C)C(C)C(=O)N(C)C(C)C(=O)N(C)C(C)[C-]=O)N(C)C.[Y]. The Morgan fingerprint density at radius 1 is 0.654 bits per heavy atom. The minimum absolute atomic E-state index is 0. The summed E-state index contributed by atoms with van der Waals surface area (Å²) in [5.41, 5.74) is 0. The minimum atomic E-state index is -0.759. The Labute approximate surface area is 182 Å². The van der Waals surface area contributed by atoms with Gasteiger partial charge in [-0.3, -0.25) is 19.3 Å². The number of carbonyl (C=O) groups is 3. The quantitative estimate of drug-likeness (QED) is 0.476. The van der Waals surface area contributed by atoms with Crippen LogP contribution in [0, 0.1) is 0 Å². The normalized spacial score (nSPS) is 15.2. The number of amides is 3. The minimum Gasteiger partial charge on any atom is -0.540 e. The van der Waals surface area contributed by atoms with Crippen molar-refractivity contribution in [3.8, 4) is 0 Å². The van der Waals surface area contributed by atoms with Crippen molar-refractivity contribution in [3.05, 3.63) is 0 Å². The molecule has 1 radical (unpaired) electrons. The first-order chi connectivity index (χ1) is 11.4. The largest absolute Gasteiger partial charge is 0.540 e. The van der Waals surface area contributed by atoms with Crippen molar-refractivity contribution in [2.45, 2.75) is 51.9 Å². The zero-order valence-electron chi connectivity index (χ0n) is 17.3. The zero-order valence-corrected chi connectivity index (χ0v) is 20.1. The van der Waals surface area contributed by atoms with Gasteiger partial charge in [0.25, 0.3) is 0 Å². The Morgan fingerprint density at radius 3 is 1.27 bits per heavy atom. The van der Waals surface area contributed by atoms with Crippen molar-refractivity contribution in [2.75, 3.05) is 35.2 Å². The number of likely N-dealkylation sites (N-methyl/N-ethyl adjacent to an activating group) is 4. The molecular formula is C17H31N4O4Y-. The van der Waals surface area contributed by atoms with E-state index in [0.717, 1.165) is 0 Å². The van der Waals surface area contributed by atoms with Gasteiger partial charge < -0.3 is 19.5 Å². The van der Waals surface area contributed by atoms with E-state index in [1.54, 1.807) is 60.0 Å². The molecule has 0 saturated carbocycles. The van der Waals surface area contributed by atoms with Crippen LogP contribution in [0.3, 0.4) is 0 Å². The molecule has 0 aliphatic carbocycles. The number of hydrogen-bond donors (Lipinski definition) is 0. The summed E-state index contributed by atoms with van der Waals surface area (Å²) in [5, 5.41) is 0. The van der Waals surface area contributed by atoms with Gasteiger partial charge in [-0.2, -0.15) is 0 Å². The van der Waals surface area contributed by atoms with Crippen LogP contribution in [0.4, 0.5) is 0 Å². The third kappa shape index (κ3) is 6.70. The monoisotopic (exact) mass is 444 g/mol. The van der Waals surface area contributed by atoms with E-state index >= 15 is 0 Å². The van der Waals surface area contributed by atoms with E-state index in [1.165, 1.54) is 28.8 Å². The predicted molar refractivity (Wildman–Crippen MR) is 95.5 cm³/mol. The van der Waals surface area contributed by atoms with Gasteiger partial charge in [-0.05, 0) is 34.9 Å². The maximum Gasteiger partial charge on any atom is 0.245 e. The molecule has 0 rings (SSSR count). The summed E-state index contributed by atoms with van der Waals surface area (Å²) >= 11 is 0. The standard InChI is InChI=1S/C17H31N4O4.Y/c1-11(10-22)19(7)16(24)13(3)21(9)17(25)14(4)20(8)15(23)12(2)18(5)6;/h11-14H,1-9H3;/q-1;. The molecule has 0 aliphatic rings. The molecule has 147 valence electrons. The molecule has 8 nitrogen and oxygen atoms in total. The first-order valence-electron chi connectivity index (χ1n) is 8.22. The third-order valence-electron chi connectivity index (χ3n) is 4.80. The van der Waals surface area contributed by atoms with Crippen LogP contribution in [0.2, 0.25) is 0 Å². The van der Waals surface area contributed by atoms with Crippen molar-refractivity contribution in [2.24, 2.45) is 0 Å². The zero-order chi connectivity index (χ0) is 20.1. The fourth-order valence-corrected chi connectivity index (χ4v) is 2.09. The maximum absolute atomic E-state index is 12.7. The average Bonchev–Trinajstić information content (AvgIpc) is 2.61. The molecule has 0 fully saturated rings. The molecule has 0 spiro atoms. The van der Waals surface area contributed by atoms with Crippen molar-refractivity contribution < 1.29 is 51.9 Å². The summed E-state index contributed by atoms with van der Waals surface area (Å²) in [6.45, 7) is 6.53. The van der Waals surface area contributed by atoms with Gasteiger partial charge in [0.15, 0.2) is 0 Å². The van der Waals surface area contributed by atoms with Crippen molar-refractivity contribution >= 4 is 24.0 Å². The molecule has 0 saturated heterocycles. The smallest absolute Gasteiger partial charge is 0.245 e. The van der Waals surface area contributed by atoms with E-state index in [1.807, 2.05) is 0 Å². The molecule has 0 heterocycles. The predicted octanol–water partition coefficient (Wildman–Crippen LogP) is -0.416. The molecule has 0 bridgehead atoms. The molecule has 4 atom stereocenters. The van der Waals surface area contributed by atoms with E-state index < -0.39 is 18.1 Å². The fraction of sp³-hybridized carbons (Fsp3) is 0.765. The molecule has 0 aliphatic heterocycles. The molecule has 0 aromatic rings. The second-order valence-corrected chi connectivity index (χ2v) is 6.63. The van der Waals surface area contributed by atoms with E-state index in [4.69, 9.17) is 0 Å². The third-order valence-corrected chi connectivity index (χ3v) is 4.80. The first-order valence-corrected chi connectivity index (χ1v) is 8.22. The molecule has 0 N–H and O–H groups in total. The summed E-state index contributed by atoms with van der Waals surface area (Å²) in [5.74, 6) is -0.896. The Bertz CT molecular complexity index is 515. The summed E-state index contributed by atoms with van der Waals surface area (Å²) in [4.78, 5) is 53.8. The van der Waals surface area contributed by atoms with Gasteiger partial charge in [0.05, 0.1) is 6.04 Å². The second kappa shape index (κ2) is 11.8. The second-order valence-electron chi connectivity index (χ2n) is 6.63. The average molecular weight is 444 g/mol. The molecule has 0 aromatic carbocycles. The topological polar surface area (TPSA) is 81.2 Å². The summed E-state index contributed by atoms with van der Waals surface area (Å²) in [6, 6.07) is -2.53. The Kier molecular flexibility index (Phi) is 12.4. The van der Waals surface area contributed by atoms with Gasteiger partial charge in [-0.1, -0.05) is 13.0 Å². The summed E-state index contributed by atoms with van der Waals surface area (Å²) in [6.07, 6.45) is 1.74. The van der Waals surface area contributed by atoms with Crippen LogP contribution in [0.15, 0.2) is 0 Å². The van der Waals surface area contributed by atoms with Gasteiger partial charge in [-0.15, -0.1) is 0 Å². The molecule has 3 amide bonds. The van der Waals surface area contributed by atoms with E-state index in [0.29, 0.717) is 0 Å². The van der Waals surface area contributed by atoms with Gasteiger partial charge in [-0.25, -0.2) is 6.29 Å². The fourth-order valence-electron chi connectivity index (χ4n) is 2.09. The Balaban J connectivity index is 0. The van der Waals surface area contributed by atoms with Gasteiger partial charge in [0.2, 0.25) is 17.7 Å². The van der Waals surface area contributed by atoms with Crippen LogP contribution >= 0.6 is 0 Å². The Hall–Kier alpha value is -0.856. The molecule has 4 unspecified atom stereocenters. The maximum atomic E-state index is 12.7. The van der Waals surface area contributed by atoms with Crippen molar-refractivity contribution in [1.82, 2.24) is 19.6 Å². The summed E-state index contributed by atoms with van der Waals surface area (Å²) < 4.78 is 0. The molecule has 0 aromatic heterocycles.